The van der Waals surface area contributed by atoms with Crippen molar-refractivity contribution >= 4 is 5.78 Å². The Balaban J connectivity index is 1.32. The van der Waals surface area contributed by atoms with Crippen LogP contribution in [0, 0.1) is 11.8 Å². The maximum Gasteiger partial charge on any atom is 0.248 e. The number of hydrogen-bond donors (Lipinski definition) is 1. The van der Waals surface area contributed by atoms with Crippen molar-refractivity contribution in [2.24, 2.45) is 11.8 Å². The van der Waals surface area contributed by atoms with Gasteiger partial charge in [0.1, 0.15) is 0 Å². The van der Waals surface area contributed by atoms with E-state index in [9.17, 15) is 13.6 Å². The summed E-state index contributed by atoms with van der Waals surface area (Å²) < 4.78 is 25.8. The Morgan fingerprint density at radius 1 is 1.22 bits per heavy atom. The standard InChI is InChI=1S/C19H23F2NO/c20-19(21)9-13(10-19)6-18(23)15-3-1-2-14(7-15)16-8-17(16)22-11-12-4-5-12/h1-3,7,12-13,16-17,22H,4-6,8-11H2. The summed E-state index contributed by atoms with van der Waals surface area (Å²) in [5.74, 6) is -1.29. The van der Waals surface area contributed by atoms with Crippen LogP contribution in [0.3, 0.4) is 0 Å². The van der Waals surface area contributed by atoms with Gasteiger partial charge in [-0.3, -0.25) is 4.79 Å². The molecule has 2 unspecified atom stereocenters. The van der Waals surface area contributed by atoms with E-state index in [-0.39, 0.29) is 31.0 Å². The fourth-order valence-corrected chi connectivity index (χ4v) is 3.68. The molecule has 0 spiro atoms. The Kier molecular flexibility index (Phi) is 3.75. The van der Waals surface area contributed by atoms with E-state index in [0.717, 1.165) is 18.9 Å². The highest BCUT2D eigenvalue weighted by Gasteiger charge is 2.45. The van der Waals surface area contributed by atoms with Crippen molar-refractivity contribution in [1.82, 2.24) is 5.32 Å². The highest BCUT2D eigenvalue weighted by atomic mass is 19.3. The van der Waals surface area contributed by atoms with Gasteiger partial charge in [-0.1, -0.05) is 18.2 Å². The van der Waals surface area contributed by atoms with Crippen LogP contribution in [0.2, 0.25) is 0 Å². The molecule has 0 radical (unpaired) electrons. The number of hydrogen-bond acceptors (Lipinski definition) is 2. The fraction of sp³-hybridized carbons (Fsp3) is 0.632. The Labute approximate surface area is 135 Å². The van der Waals surface area contributed by atoms with Gasteiger partial charge < -0.3 is 5.32 Å². The first-order chi connectivity index (χ1) is 11.0. The minimum atomic E-state index is -2.54. The molecular weight excluding hydrogens is 296 g/mol. The second-order valence-electron chi connectivity index (χ2n) is 7.68. The van der Waals surface area contributed by atoms with Gasteiger partial charge in [-0.15, -0.1) is 0 Å². The van der Waals surface area contributed by atoms with Gasteiger partial charge in [0.25, 0.3) is 0 Å². The largest absolute Gasteiger partial charge is 0.313 e. The maximum atomic E-state index is 12.9. The molecule has 2 nitrogen and oxygen atoms in total. The lowest BCUT2D eigenvalue weighted by molar-refractivity contribution is -0.109. The Morgan fingerprint density at radius 3 is 2.70 bits per heavy atom. The molecule has 3 fully saturated rings. The van der Waals surface area contributed by atoms with Gasteiger partial charge in [0.2, 0.25) is 5.92 Å². The smallest absolute Gasteiger partial charge is 0.248 e. The van der Waals surface area contributed by atoms with Gasteiger partial charge >= 0.3 is 0 Å². The van der Waals surface area contributed by atoms with Gasteiger partial charge in [0, 0.05) is 36.8 Å². The van der Waals surface area contributed by atoms with Gasteiger partial charge in [0.15, 0.2) is 5.78 Å². The molecule has 0 aliphatic heterocycles. The van der Waals surface area contributed by atoms with Crippen LogP contribution in [0.4, 0.5) is 8.78 Å². The van der Waals surface area contributed by atoms with Crippen molar-refractivity contribution in [3.8, 4) is 0 Å². The third kappa shape index (κ3) is 3.63. The Morgan fingerprint density at radius 2 is 2.00 bits per heavy atom. The minimum Gasteiger partial charge on any atom is -0.313 e. The number of rotatable bonds is 7. The average Bonchev–Trinajstić information content (AvgIpc) is 3.37. The van der Waals surface area contributed by atoms with Crippen LogP contribution in [-0.2, 0) is 0 Å². The summed E-state index contributed by atoms with van der Waals surface area (Å²) in [6, 6.07) is 8.35. The molecule has 3 aliphatic rings. The lowest BCUT2D eigenvalue weighted by Gasteiger charge is -2.34. The highest BCUT2D eigenvalue weighted by molar-refractivity contribution is 5.96. The first kappa shape index (κ1) is 15.3. The molecule has 1 aromatic rings. The van der Waals surface area contributed by atoms with Crippen LogP contribution < -0.4 is 5.32 Å². The predicted octanol–water partition coefficient (Wildman–Crippen LogP) is 4.16. The number of nitrogens with one attached hydrogen (secondary N) is 1. The minimum absolute atomic E-state index is 0.00971. The number of halogens is 2. The fourth-order valence-electron chi connectivity index (χ4n) is 3.68. The van der Waals surface area contributed by atoms with Crippen LogP contribution in [0.5, 0.6) is 0 Å². The summed E-state index contributed by atoms with van der Waals surface area (Å²) in [7, 11) is 0. The summed E-state index contributed by atoms with van der Waals surface area (Å²) in [4.78, 5) is 12.3. The van der Waals surface area contributed by atoms with Crippen LogP contribution in [0.1, 0.15) is 60.4 Å². The quantitative estimate of drug-likeness (QED) is 0.765. The zero-order valence-corrected chi connectivity index (χ0v) is 13.2. The monoisotopic (exact) mass is 319 g/mol. The number of carbonyl (C=O) groups excluding carboxylic acids is 1. The van der Waals surface area contributed by atoms with E-state index in [2.05, 4.69) is 11.4 Å². The number of alkyl halides is 2. The van der Waals surface area contributed by atoms with Crippen molar-refractivity contribution in [1.29, 1.82) is 0 Å². The zero-order valence-electron chi connectivity index (χ0n) is 13.2. The van der Waals surface area contributed by atoms with Gasteiger partial charge in [-0.05, 0) is 49.3 Å². The van der Waals surface area contributed by atoms with E-state index in [1.165, 1.54) is 18.4 Å². The topological polar surface area (TPSA) is 29.1 Å². The van der Waals surface area contributed by atoms with Crippen molar-refractivity contribution in [3.63, 3.8) is 0 Å². The normalized spacial score (nSPS) is 29.1. The number of benzene rings is 1. The molecule has 4 rings (SSSR count). The summed E-state index contributed by atoms with van der Waals surface area (Å²) in [6.07, 6.45) is 3.85. The average molecular weight is 319 g/mol. The van der Waals surface area contributed by atoms with Crippen LogP contribution in [0.25, 0.3) is 0 Å². The molecule has 0 amide bonds. The molecular formula is C19H23F2NO. The van der Waals surface area contributed by atoms with E-state index < -0.39 is 5.92 Å². The molecule has 2 atom stereocenters. The summed E-state index contributed by atoms with van der Waals surface area (Å²) in [5, 5.41) is 3.61. The SMILES string of the molecule is O=C(CC1CC(F)(F)C1)c1cccc(C2CC2NCC2CC2)c1. The Hall–Kier alpha value is -1.29. The third-order valence-corrected chi connectivity index (χ3v) is 5.44. The van der Waals surface area contributed by atoms with Gasteiger partial charge in [-0.2, -0.15) is 0 Å². The molecule has 0 aromatic heterocycles. The van der Waals surface area contributed by atoms with Crippen LogP contribution in [0.15, 0.2) is 24.3 Å². The molecule has 23 heavy (non-hydrogen) atoms. The molecule has 124 valence electrons. The molecule has 3 aliphatic carbocycles. The van der Waals surface area contributed by atoms with Gasteiger partial charge in [-0.25, -0.2) is 8.78 Å². The summed E-state index contributed by atoms with van der Waals surface area (Å²) in [5.41, 5.74) is 1.90. The number of Topliss-reactive ketones (excluding diaryl/α,β-unsaturated/α-hetero) is 1. The van der Waals surface area contributed by atoms with E-state index >= 15 is 0 Å². The van der Waals surface area contributed by atoms with E-state index in [0.29, 0.717) is 17.5 Å². The number of ketones is 1. The van der Waals surface area contributed by atoms with Crippen molar-refractivity contribution in [2.45, 2.75) is 56.4 Å². The Bertz CT molecular complexity index is 603. The zero-order chi connectivity index (χ0) is 16.0. The molecule has 3 saturated carbocycles. The molecule has 4 heteroatoms. The molecule has 1 N–H and O–H groups in total. The van der Waals surface area contributed by atoms with E-state index in [1.54, 1.807) is 0 Å². The van der Waals surface area contributed by atoms with Crippen molar-refractivity contribution in [2.75, 3.05) is 6.54 Å². The molecule has 0 heterocycles. The lowest BCUT2D eigenvalue weighted by Crippen LogP contribution is -2.36. The lowest BCUT2D eigenvalue weighted by atomic mass is 9.77. The maximum absolute atomic E-state index is 12.9. The van der Waals surface area contributed by atoms with E-state index in [4.69, 9.17) is 0 Å². The second-order valence-corrected chi connectivity index (χ2v) is 7.68. The van der Waals surface area contributed by atoms with Crippen molar-refractivity contribution in [3.05, 3.63) is 35.4 Å². The highest BCUT2D eigenvalue weighted by Crippen LogP contribution is 2.45. The molecule has 1 aromatic carbocycles. The molecule has 0 saturated heterocycles. The first-order valence-electron chi connectivity index (χ1n) is 8.74. The second kappa shape index (κ2) is 5.66. The van der Waals surface area contributed by atoms with Gasteiger partial charge in [0.05, 0.1) is 0 Å². The van der Waals surface area contributed by atoms with E-state index in [1.807, 2.05) is 18.2 Å². The third-order valence-electron chi connectivity index (χ3n) is 5.44. The van der Waals surface area contributed by atoms with Crippen molar-refractivity contribution < 1.29 is 13.6 Å². The van der Waals surface area contributed by atoms with Crippen LogP contribution in [-0.4, -0.2) is 24.3 Å². The summed E-state index contributed by atoms with van der Waals surface area (Å²) >= 11 is 0. The number of carbonyl (C=O) groups is 1. The predicted molar refractivity (Wildman–Crippen MR) is 84.9 cm³/mol. The summed E-state index contributed by atoms with van der Waals surface area (Å²) in [6.45, 7) is 1.12. The molecule has 0 bridgehead atoms. The first-order valence-corrected chi connectivity index (χ1v) is 8.74. The van der Waals surface area contributed by atoms with Crippen LogP contribution >= 0.6 is 0 Å².